The average molecular weight is 478 g/mol. The molecule has 0 spiro atoms. The van der Waals surface area contributed by atoms with Gasteiger partial charge in [0.2, 0.25) is 11.8 Å². The first-order valence-electron chi connectivity index (χ1n) is 9.53. The predicted molar refractivity (Wildman–Crippen MR) is 125 cm³/mol. The van der Waals surface area contributed by atoms with Crippen molar-refractivity contribution in [1.82, 2.24) is 14.8 Å². The van der Waals surface area contributed by atoms with Crippen molar-refractivity contribution in [2.45, 2.75) is 32.0 Å². The quantitative estimate of drug-likeness (QED) is 0.453. The number of hydrogen-bond acceptors (Lipinski definition) is 5. The summed E-state index contributed by atoms with van der Waals surface area (Å²) in [7, 11) is 0. The van der Waals surface area contributed by atoms with Gasteiger partial charge in [-0.3, -0.25) is 9.59 Å². The largest absolute Gasteiger partial charge is 0.325 e. The number of hydrogen-bond donors (Lipinski definition) is 2. The zero-order valence-corrected chi connectivity index (χ0v) is 19.3. The zero-order valence-electron chi connectivity index (χ0n) is 17.0. The Balaban J connectivity index is 1.60. The lowest BCUT2D eigenvalue weighted by Crippen LogP contribution is -2.18. The Labute approximate surface area is 194 Å². The fraction of sp³-hybridized carbons (Fsp3) is 0.238. The number of rotatable bonds is 8. The van der Waals surface area contributed by atoms with Crippen molar-refractivity contribution in [2.24, 2.45) is 0 Å². The van der Waals surface area contributed by atoms with E-state index in [9.17, 15) is 9.59 Å². The summed E-state index contributed by atoms with van der Waals surface area (Å²) < 4.78 is 1.82. The smallest absolute Gasteiger partial charge is 0.234 e. The van der Waals surface area contributed by atoms with Crippen LogP contribution in [-0.4, -0.2) is 32.3 Å². The van der Waals surface area contributed by atoms with E-state index in [0.717, 1.165) is 11.3 Å². The van der Waals surface area contributed by atoms with Crippen molar-refractivity contribution in [2.75, 3.05) is 16.4 Å². The van der Waals surface area contributed by atoms with E-state index < -0.39 is 0 Å². The second-order valence-electron chi connectivity index (χ2n) is 6.62. The number of thioether (sulfide) groups is 1. The molecule has 1 aromatic heterocycles. The van der Waals surface area contributed by atoms with E-state index in [4.69, 9.17) is 23.2 Å². The van der Waals surface area contributed by atoms with Crippen LogP contribution >= 0.6 is 35.0 Å². The standard InChI is InChI=1S/C21H21Cl2N5O2S/c1-3-28-17(11-18(29)24-15-9-5-4-7-13(15)2)26-27-21(28)31-12-19(30)25-16-10-6-8-14(22)20(16)23/h4-10H,3,11-12H2,1-2H3,(H,24,29)(H,25,30). The van der Waals surface area contributed by atoms with Crippen LogP contribution < -0.4 is 10.6 Å². The highest BCUT2D eigenvalue weighted by Crippen LogP contribution is 2.29. The molecule has 0 saturated carbocycles. The Morgan fingerprint density at radius 1 is 1.00 bits per heavy atom. The van der Waals surface area contributed by atoms with Crippen LogP contribution in [0, 0.1) is 6.92 Å². The second-order valence-corrected chi connectivity index (χ2v) is 8.35. The van der Waals surface area contributed by atoms with Gasteiger partial charge in [0.25, 0.3) is 0 Å². The number of carbonyl (C=O) groups is 2. The number of benzene rings is 2. The maximum absolute atomic E-state index is 12.5. The van der Waals surface area contributed by atoms with Crippen LogP contribution in [0.5, 0.6) is 0 Å². The van der Waals surface area contributed by atoms with Gasteiger partial charge in [0.05, 0.1) is 27.9 Å². The van der Waals surface area contributed by atoms with Crippen LogP contribution in [0.3, 0.4) is 0 Å². The fourth-order valence-corrected chi connectivity index (χ4v) is 4.01. The highest BCUT2D eigenvalue weighted by atomic mass is 35.5. The van der Waals surface area contributed by atoms with Crippen molar-refractivity contribution >= 4 is 58.2 Å². The van der Waals surface area contributed by atoms with E-state index in [1.165, 1.54) is 11.8 Å². The van der Waals surface area contributed by atoms with Crippen molar-refractivity contribution in [1.29, 1.82) is 0 Å². The Morgan fingerprint density at radius 3 is 2.45 bits per heavy atom. The lowest BCUT2D eigenvalue weighted by Gasteiger charge is -2.10. The van der Waals surface area contributed by atoms with Crippen LogP contribution in [-0.2, 0) is 22.6 Å². The molecule has 0 radical (unpaired) electrons. The van der Waals surface area contributed by atoms with E-state index in [-0.39, 0.29) is 24.0 Å². The topological polar surface area (TPSA) is 88.9 Å². The molecule has 162 valence electrons. The van der Waals surface area contributed by atoms with Crippen molar-refractivity contribution in [3.63, 3.8) is 0 Å². The molecule has 0 bridgehead atoms. The van der Waals surface area contributed by atoms with E-state index in [0.29, 0.717) is 33.3 Å². The van der Waals surface area contributed by atoms with Crippen molar-refractivity contribution < 1.29 is 9.59 Å². The van der Waals surface area contributed by atoms with Gasteiger partial charge in [0.15, 0.2) is 5.16 Å². The summed E-state index contributed by atoms with van der Waals surface area (Å²) in [6.07, 6.45) is 0.0834. The minimum absolute atomic E-state index is 0.0834. The molecule has 2 N–H and O–H groups in total. The molecule has 0 aliphatic rings. The number of anilines is 2. The minimum Gasteiger partial charge on any atom is -0.325 e. The summed E-state index contributed by atoms with van der Waals surface area (Å²) in [5.74, 6) is 0.213. The SMILES string of the molecule is CCn1c(CC(=O)Nc2ccccc2C)nnc1SCC(=O)Nc1cccc(Cl)c1Cl. The number of nitrogens with zero attached hydrogens (tertiary/aromatic N) is 3. The average Bonchev–Trinajstić information content (AvgIpc) is 3.13. The van der Waals surface area contributed by atoms with Gasteiger partial charge in [0.1, 0.15) is 5.82 Å². The summed E-state index contributed by atoms with van der Waals surface area (Å²) in [5, 5.41) is 15.1. The third-order valence-electron chi connectivity index (χ3n) is 4.41. The summed E-state index contributed by atoms with van der Waals surface area (Å²) >= 11 is 13.3. The molecule has 0 unspecified atom stereocenters. The van der Waals surface area contributed by atoms with Gasteiger partial charge in [-0.15, -0.1) is 10.2 Å². The first-order chi connectivity index (χ1) is 14.9. The van der Waals surface area contributed by atoms with Gasteiger partial charge < -0.3 is 15.2 Å². The highest BCUT2D eigenvalue weighted by Gasteiger charge is 2.17. The number of para-hydroxylation sites is 1. The van der Waals surface area contributed by atoms with Crippen molar-refractivity contribution in [3.05, 3.63) is 63.9 Å². The highest BCUT2D eigenvalue weighted by molar-refractivity contribution is 7.99. The molecule has 0 aliphatic heterocycles. The number of carbonyl (C=O) groups excluding carboxylic acids is 2. The van der Waals surface area contributed by atoms with E-state index >= 15 is 0 Å². The van der Waals surface area contributed by atoms with Crippen LogP contribution in [0.4, 0.5) is 11.4 Å². The van der Waals surface area contributed by atoms with Crippen molar-refractivity contribution in [3.8, 4) is 0 Å². The molecule has 0 saturated heterocycles. The summed E-state index contributed by atoms with van der Waals surface area (Å²) in [4.78, 5) is 24.8. The Kier molecular flexibility index (Phi) is 7.95. The summed E-state index contributed by atoms with van der Waals surface area (Å²) in [6, 6.07) is 12.6. The summed E-state index contributed by atoms with van der Waals surface area (Å²) in [6.45, 7) is 4.44. The molecule has 10 heteroatoms. The van der Waals surface area contributed by atoms with Gasteiger partial charge >= 0.3 is 0 Å². The van der Waals surface area contributed by atoms with Gasteiger partial charge in [-0.1, -0.05) is 59.2 Å². The van der Waals surface area contributed by atoms with E-state index in [2.05, 4.69) is 20.8 Å². The molecular weight excluding hydrogens is 457 g/mol. The van der Waals surface area contributed by atoms with E-state index in [1.54, 1.807) is 18.2 Å². The molecule has 1 heterocycles. The van der Waals surface area contributed by atoms with Gasteiger partial charge in [-0.05, 0) is 37.6 Å². The molecule has 3 rings (SSSR count). The third kappa shape index (κ3) is 6.00. The van der Waals surface area contributed by atoms with Gasteiger partial charge in [-0.25, -0.2) is 0 Å². The first-order valence-corrected chi connectivity index (χ1v) is 11.3. The Hall–Kier alpha value is -2.55. The van der Waals surface area contributed by atoms with Crippen LogP contribution in [0.1, 0.15) is 18.3 Å². The Bertz CT molecular complexity index is 1100. The molecule has 0 aliphatic carbocycles. The number of halogens is 2. The molecule has 2 amide bonds. The molecule has 7 nitrogen and oxygen atoms in total. The number of aryl methyl sites for hydroxylation is 1. The lowest BCUT2D eigenvalue weighted by atomic mass is 10.2. The number of amides is 2. The molecule has 0 atom stereocenters. The Morgan fingerprint density at radius 2 is 1.71 bits per heavy atom. The maximum Gasteiger partial charge on any atom is 0.234 e. The lowest BCUT2D eigenvalue weighted by molar-refractivity contribution is -0.116. The fourth-order valence-electron chi connectivity index (χ4n) is 2.84. The molecule has 3 aromatic rings. The summed E-state index contributed by atoms with van der Waals surface area (Å²) in [5.41, 5.74) is 2.20. The third-order valence-corrected chi connectivity index (χ3v) is 6.19. The van der Waals surface area contributed by atoms with Gasteiger partial charge in [-0.2, -0.15) is 0 Å². The predicted octanol–water partition coefficient (Wildman–Crippen LogP) is 4.83. The number of nitrogens with one attached hydrogen (secondary N) is 2. The van der Waals surface area contributed by atoms with Gasteiger partial charge in [0, 0.05) is 12.2 Å². The second kappa shape index (κ2) is 10.7. The monoisotopic (exact) mass is 477 g/mol. The molecule has 0 fully saturated rings. The number of aromatic nitrogens is 3. The first kappa shape index (κ1) is 23.1. The van der Waals surface area contributed by atoms with E-state index in [1.807, 2.05) is 42.7 Å². The maximum atomic E-state index is 12.5. The van der Waals surface area contributed by atoms with Crippen LogP contribution in [0.15, 0.2) is 47.6 Å². The van der Waals surface area contributed by atoms with Crippen LogP contribution in [0.25, 0.3) is 0 Å². The minimum atomic E-state index is -0.251. The normalized spacial score (nSPS) is 10.7. The van der Waals surface area contributed by atoms with Crippen LogP contribution in [0.2, 0.25) is 10.0 Å². The molecule has 31 heavy (non-hydrogen) atoms. The molecular formula is C21H21Cl2N5O2S. The zero-order chi connectivity index (χ0) is 22.4. The molecule has 2 aromatic carbocycles.